The number of ether oxygens (including phenoxy) is 2. The van der Waals surface area contributed by atoms with Crippen molar-refractivity contribution in [1.82, 2.24) is 10.2 Å². The largest absolute Gasteiger partial charge is 0.381 e. The van der Waals surface area contributed by atoms with E-state index in [9.17, 15) is 4.39 Å². The van der Waals surface area contributed by atoms with E-state index in [0.717, 1.165) is 70.3 Å². The number of aliphatic imine (C=N–C) groups is 1. The molecule has 3 saturated heterocycles. The molecule has 1 aromatic carbocycles. The summed E-state index contributed by atoms with van der Waals surface area (Å²) in [6.45, 7) is 9.87. The number of morpholine rings is 1. The molecule has 162 valence electrons. The van der Waals surface area contributed by atoms with E-state index in [2.05, 4.69) is 17.1 Å². The van der Waals surface area contributed by atoms with E-state index in [0.29, 0.717) is 30.9 Å². The molecule has 3 aliphatic rings. The first-order chi connectivity index (χ1) is 13.7. The van der Waals surface area contributed by atoms with Gasteiger partial charge in [-0.2, -0.15) is 0 Å². The van der Waals surface area contributed by atoms with Gasteiger partial charge in [0.2, 0.25) is 0 Å². The number of halogens is 2. The minimum atomic E-state index is -0.178. The first-order valence-electron chi connectivity index (χ1n) is 10.4. The average Bonchev–Trinajstić information content (AvgIpc) is 3.36. The quantitative estimate of drug-likeness (QED) is 0.378. The fourth-order valence-electron chi connectivity index (χ4n) is 4.39. The number of guanidine groups is 1. The molecule has 3 aliphatic heterocycles. The van der Waals surface area contributed by atoms with Gasteiger partial charge in [0.15, 0.2) is 5.96 Å². The minimum Gasteiger partial charge on any atom is -0.381 e. The number of nitrogens with zero attached hydrogens (tertiary/aromatic N) is 3. The van der Waals surface area contributed by atoms with Crippen molar-refractivity contribution in [3.8, 4) is 0 Å². The SMILES string of the molecule is CCNC(=NCc1ccc(N2CCOCC2)c(F)c1)N1CCC2(CCOC2)C1.I. The zero-order valence-corrected chi connectivity index (χ0v) is 19.5. The van der Waals surface area contributed by atoms with Crippen molar-refractivity contribution in [1.29, 1.82) is 0 Å². The molecular formula is C21H32FIN4O2. The second kappa shape index (κ2) is 10.3. The summed E-state index contributed by atoms with van der Waals surface area (Å²) in [4.78, 5) is 9.17. The fourth-order valence-corrected chi connectivity index (χ4v) is 4.39. The van der Waals surface area contributed by atoms with E-state index < -0.39 is 0 Å². The number of hydrogen-bond acceptors (Lipinski definition) is 4. The van der Waals surface area contributed by atoms with E-state index in [-0.39, 0.29) is 29.8 Å². The number of hydrogen-bond donors (Lipinski definition) is 1. The number of nitrogens with one attached hydrogen (secondary N) is 1. The van der Waals surface area contributed by atoms with Crippen molar-refractivity contribution >= 4 is 35.6 Å². The minimum absolute atomic E-state index is 0. The summed E-state index contributed by atoms with van der Waals surface area (Å²) in [7, 11) is 0. The maximum absolute atomic E-state index is 14.6. The van der Waals surface area contributed by atoms with Crippen LogP contribution < -0.4 is 10.2 Å². The smallest absolute Gasteiger partial charge is 0.194 e. The maximum atomic E-state index is 14.6. The van der Waals surface area contributed by atoms with Gasteiger partial charge in [0, 0.05) is 44.7 Å². The highest BCUT2D eigenvalue weighted by molar-refractivity contribution is 14.0. The van der Waals surface area contributed by atoms with E-state index >= 15 is 0 Å². The zero-order chi connectivity index (χ0) is 19.4. The summed E-state index contributed by atoms with van der Waals surface area (Å²) in [6.07, 6.45) is 2.29. The van der Waals surface area contributed by atoms with Crippen LogP contribution in [-0.4, -0.2) is 70.0 Å². The number of rotatable bonds is 4. The van der Waals surface area contributed by atoms with Gasteiger partial charge in [-0.1, -0.05) is 6.07 Å². The van der Waals surface area contributed by atoms with Crippen LogP contribution in [0.1, 0.15) is 25.3 Å². The Morgan fingerprint density at radius 1 is 1.17 bits per heavy atom. The fraction of sp³-hybridized carbons (Fsp3) is 0.667. The van der Waals surface area contributed by atoms with Crippen LogP contribution in [0.15, 0.2) is 23.2 Å². The standard InChI is InChI=1S/C21H31FN4O2.HI/c1-2-23-20(26-7-5-21(15-26)6-10-28-16-21)24-14-17-3-4-19(18(22)13-17)25-8-11-27-12-9-25;/h3-4,13H,2,5-12,14-16H2,1H3,(H,23,24);1H. The van der Waals surface area contributed by atoms with Crippen molar-refractivity contribution in [3.05, 3.63) is 29.6 Å². The molecule has 1 spiro atoms. The van der Waals surface area contributed by atoms with Crippen LogP contribution in [0.3, 0.4) is 0 Å². The van der Waals surface area contributed by atoms with Gasteiger partial charge in [-0.25, -0.2) is 9.38 Å². The van der Waals surface area contributed by atoms with E-state index in [1.807, 2.05) is 17.0 Å². The first kappa shape index (κ1) is 22.6. The third kappa shape index (κ3) is 5.32. The Labute approximate surface area is 189 Å². The van der Waals surface area contributed by atoms with Crippen LogP contribution >= 0.6 is 24.0 Å². The summed E-state index contributed by atoms with van der Waals surface area (Å²) in [5, 5.41) is 3.40. The van der Waals surface area contributed by atoms with Crippen LogP contribution in [0.2, 0.25) is 0 Å². The molecule has 1 aromatic rings. The van der Waals surface area contributed by atoms with E-state index in [4.69, 9.17) is 14.5 Å². The first-order valence-corrected chi connectivity index (χ1v) is 10.4. The van der Waals surface area contributed by atoms with Gasteiger partial charge in [-0.15, -0.1) is 24.0 Å². The molecule has 0 aromatic heterocycles. The van der Waals surface area contributed by atoms with Gasteiger partial charge in [-0.3, -0.25) is 0 Å². The number of likely N-dealkylation sites (tertiary alicyclic amines) is 1. The molecule has 1 atom stereocenters. The summed E-state index contributed by atoms with van der Waals surface area (Å²) >= 11 is 0. The Bertz CT molecular complexity index is 706. The molecule has 8 heteroatoms. The van der Waals surface area contributed by atoms with E-state index in [1.165, 1.54) is 0 Å². The van der Waals surface area contributed by atoms with Crippen molar-refractivity contribution in [3.63, 3.8) is 0 Å². The van der Waals surface area contributed by atoms with Crippen molar-refractivity contribution in [2.75, 3.05) is 64.1 Å². The second-order valence-corrected chi connectivity index (χ2v) is 8.03. The zero-order valence-electron chi connectivity index (χ0n) is 17.2. The molecule has 1 unspecified atom stereocenters. The molecule has 6 nitrogen and oxygen atoms in total. The summed E-state index contributed by atoms with van der Waals surface area (Å²) in [6, 6.07) is 5.48. The van der Waals surface area contributed by atoms with Crippen LogP contribution in [-0.2, 0) is 16.0 Å². The molecule has 4 rings (SSSR count). The Morgan fingerprint density at radius 3 is 2.69 bits per heavy atom. The topological polar surface area (TPSA) is 49.3 Å². The van der Waals surface area contributed by atoms with Gasteiger partial charge in [-0.05, 0) is 37.5 Å². The lowest BCUT2D eigenvalue weighted by Gasteiger charge is -2.29. The Balaban J connectivity index is 0.00000240. The molecule has 0 radical (unpaired) electrons. The second-order valence-electron chi connectivity index (χ2n) is 8.03. The van der Waals surface area contributed by atoms with Crippen LogP contribution in [0, 0.1) is 11.2 Å². The highest BCUT2D eigenvalue weighted by atomic mass is 127. The number of benzene rings is 1. The molecule has 3 fully saturated rings. The predicted octanol–water partition coefficient (Wildman–Crippen LogP) is 2.86. The molecule has 0 aliphatic carbocycles. The molecule has 29 heavy (non-hydrogen) atoms. The summed E-state index contributed by atoms with van der Waals surface area (Å²) in [5.41, 5.74) is 1.84. The van der Waals surface area contributed by atoms with Crippen molar-refractivity contribution in [2.24, 2.45) is 10.4 Å². The lowest BCUT2D eigenvalue weighted by molar-refractivity contribution is 0.122. The highest BCUT2D eigenvalue weighted by Gasteiger charge is 2.42. The Hall–Kier alpha value is -1.13. The van der Waals surface area contributed by atoms with Crippen molar-refractivity contribution < 1.29 is 13.9 Å². The maximum Gasteiger partial charge on any atom is 0.194 e. The Morgan fingerprint density at radius 2 is 2.00 bits per heavy atom. The lowest BCUT2D eigenvalue weighted by atomic mass is 9.87. The molecular weight excluding hydrogens is 486 g/mol. The third-order valence-corrected chi connectivity index (χ3v) is 6.03. The van der Waals surface area contributed by atoms with Gasteiger partial charge in [0.05, 0.1) is 32.1 Å². The summed E-state index contributed by atoms with van der Waals surface area (Å²) in [5.74, 6) is 0.742. The van der Waals surface area contributed by atoms with Gasteiger partial charge < -0.3 is 24.6 Å². The summed E-state index contributed by atoms with van der Waals surface area (Å²) < 4.78 is 25.6. The molecule has 0 bridgehead atoms. The van der Waals surface area contributed by atoms with Crippen LogP contribution in [0.4, 0.5) is 10.1 Å². The van der Waals surface area contributed by atoms with Crippen LogP contribution in [0.25, 0.3) is 0 Å². The van der Waals surface area contributed by atoms with Crippen molar-refractivity contribution in [2.45, 2.75) is 26.3 Å². The Kier molecular flexibility index (Phi) is 7.98. The third-order valence-electron chi connectivity index (χ3n) is 6.03. The van der Waals surface area contributed by atoms with Crippen LogP contribution in [0.5, 0.6) is 0 Å². The van der Waals surface area contributed by atoms with Gasteiger partial charge >= 0.3 is 0 Å². The molecule has 3 heterocycles. The van der Waals surface area contributed by atoms with E-state index in [1.54, 1.807) is 6.07 Å². The predicted molar refractivity (Wildman–Crippen MR) is 124 cm³/mol. The monoisotopic (exact) mass is 518 g/mol. The average molecular weight is 518 g/mol. The highest BCUT2D eigenvalue weighted by Crippen LogP contribution is 2.38. The lowest BCUT2D eigenvalue weighted by Crippen LogP contribution is -2.41. The number of anilines is 1. The van der Waals surface area contributed by atoms with Gasteiger partial charge in [0.1, 0.15) is 5.82 Å². The van der Waals surface area contributed by atoms with Gasteiger partial charge in [0.25, 0.3) is 0 Å². The normalized spacial score (nSPS) is 24.8. The molecule has 0 saturated carbocycles. The molecule has 0 amide bonds. The molecule has 1 N–H and O–H groups in total.